The molecule has 0 unspecified atom stereocenters. The zero-order valence-corrected chi connectivity index (χ0v) is 34.4. The van der Waals surface area contributed by atoms with E-state index < -0.39 is 71.7 Å². The Morgan fingerprint density at radius 3 is 1.78 bits per heavy atom. The lowest BCUT2D eigenvalue weighted by Crippen LogP contribution is -2.64. The molecule has 0 radical (unpaired) electrons. The lowest BCUT2D eigenvalue weighted by atomic mass is 9.93. The van der Waals surface area contributed by atoms with E-state index in [9.17, 15) is 33.9 Å². The molecule has 16 heteroatoms. The molecule has 2 aromatic carbocycles. The van der Waals surface area contributed by atoms with Gasteiger partial charge in [-0.3, -0.25) is 24.0 Å². The third kappa shape index (κ3) is 10.4. The zero-order chi connectivity index (χ0) is 44.0. The lowest BCUT2D eigenvalue weighted by molar-refractivity contribution is -0.282. The van der Waals surface area contributed by atoms with Crippen LogP contribution in [0, 0.1) is 0 Å². The number of phenolic OH excluding ortho intramolecular Hbond substituents is 1. The number of ether oxygens (including phenoxy) is 8. The first-order valence-electron chi connectivity index (χ1n) is 18.3. The minimum absolute atomic E-state index is 0.00442. The minimum Gasteiger partial charge on any atom is -0.507 e. The van der Waals surface area contributed by atoms with Gasteiger partial charge in [-0.15, -0.1) is 0 Å². The van der Waals surface area contributed by atoms with Crippen LogP contribution in [-0.2, 0) is 66.9 Å². The van der Waals surface area contributed by atoms with Gasteiger partial charge in [-0.05, 0) is 39.3 Å². The van der Waals surface area contributed by atoms with Crippen molar-refractivity contribution in [3.05, 3.63) is 81.6 Å². The Labute approximate surface area is 340 Å². The van der Waals surface area contributed by atoms with Crippen LogP contribution in [0.1, 0.15) is 65.2 Å². The first-order valence-corrected chi connectivity index (χ1v) is 18.3. The second kappa shape index (κ2) is 18.9. The Morgan fingerprint density at radius 2 is 1.25 bits per heavy atom. The van der Waals surface area contributed by atoms with Crippen LogP contribution < -0.4 is 19.6 Å². The van der Waals surface area contributed by atoms with Gasteiger partial charge < -0.3 is 47.4 Å². The first-order chi connectivity index (χ1) is 27.7. The van der Waals surface area contributed by atoms with Crippen molar-refractivity contribution >= 4 is 40.8 Å². The topological polar surface area (TPSA) is 210 Å². The van der Waals surface area contributed by atoms with Crippen molar-refractivity contribution < 1.29 is 71.4 Å². The fourth-order valence-electron chi connectivity index (χ4n) is 6.70. The predicted molar refractivity (Wildman–Crippen MR) is 211 cm³/mol. The van der Waals surface area contributed by atoms with Crippen LogP contribution in [-0.4, -0.2) is 79.9 Å². The number of aromatic hydroxyl groups is 1. The van der Waals surface area contributed by atoms with Crippen molar-refractivity contribution in [2.45, 2.75) is 98.4 Å². The molecule has 1 aliphatic heterocycles. The normalized spacial score (nSPS) is 18.6. The lowest BCUT2D eigenvalue weighted by Gasteiger charge is -2.43. The summed E-state index contributed by atoms with van der Waals surface area (Å²) in [5.41, 5.74) is 2.06. The van der Waals surface area contributed by atoms with Crippen LogP contribution in [0.3, 0.4) is 0 Å². The summed E-state index contributed by atoms with van der Waals surface area (Å²) < 4.78 is 51.7. The highest BCUT2D eigenvalue weighted by molar-refractivity contribution is 5.93. The molecule has 0 saturated carbocycles. The van der Waals surface area contributed by atoms with Crippen molar-refractivity contribution in [3.63, 3.8) is 0 Å². The number of hydrogen-bond donors (Lipinski definition) is 1. The maximum atomic E-state index is 14.1. The van der Waals surface area contributed by atoms with E-state index in [4.69, 9.17) is 42.3 Å². The number of hydrogen-bond acceptors (Lipinski definition) is 16. The molecular weight excluding hydrogens is 772 g/mol. The molecule has 1 saturated heterocycles. The average molecular weight is 821 g/mol. The van der Waals surface area contributed by atoms with Gasteiger partial charge in [-0.25, -0.2) is 4.79 Å². The molecule has 3 aromatic rings. The van der Waals surface area contributed by atoms with Crippen molar-refractivity contribution in [2.75, 3.05) is 14.2 Å². The second-order valence-electron chi connectivity index (χ2n) is 14.2. The summed E-state index contributed by atoms with van der Waals surface area (Å²) >= 11 is 0. The Bertz CT molecular complexity index is 2280. The van der Waals surface area contributed by atoms with Crippen LogP contribution in [0.15, 0.2) is 63.9 Å². The number of rotatable bonds is 15. The molecule has 1 aliphatic rings. The third-order valence-electron chi connectivity index (χ3n) is 8.75. The maximum absolute atomic E-state index is 14.1. The molecule has 16 nitrogen and oxygen atoms in total. The van der Waals surface area contributed by atoms with E-state index >= 15 is 0 Å². The van der Waals surface area contributed by atoms with Gasteiger partial charge in [0.2, 0.25) is 12.4 Å². The molecule has 1 aromatic heterocycles. The minimum atomic E-state index is -1.77. The highest BCUT2D eigenvalue weighted by atomic mass is 16.7. The number of fused-ring (bicyclic) bond motifs is 1. The standard InChI is InChI=1S/C43H48O16/c1-19(2)15-27-26(32-18-30(48)33-34(49)28(16-20(3)4)35(53-22(7)44)29(17-21(5)6)37(33)57-32)13-14-31(51-11)36(27)58-43-41(56-25(10)47)39(55-24(9)46)38(54-23(8)45)40(59-43)42(50)52-12/h13-14,18,38-41,43,49H,1,3,5,15-17H2,2,4,6-12H3/t38-,39-,40-,41+,43+/m0/s1. The smallest absolute Gasteiger partial charge is 0.339 e. The molecule has 4 rings (SSSR count). The fourth-order valence-corrected chi connectivity index (χ4v) is 6.70. The summed E-state index contributed by atoms with van der Waals surface area (Å²) in [7, 11) is 2.40. The van der Waals surface area contributed by atoms with E-state index in [2.05, 4.69) is 19.7 Å². The Morgan fingerprint density at radius 1 is 0.712 bits per heavy atom. The molecule has 0 aliphatic carbocycles. The molecular formula is C43H48O16. The molecule has 59 heavy (non-hydrogen) atoms. The van der Waals surface area contributed by atoms with Gasteiger partial charge >= 0.3 is 29.8 Å². The van der Waals surface area contributed by atoms with Crippen molar-refractivity contribution in [2.24, 2.45) is 0 Å². The van der Waals surface area contributed by atoms with E-state index in [0.29, 0.717) is 16.7 Å². The summed E-state index contributed by atoms with van der Waals surface area (Å²) in [6, 6.07) is 4.23. The number of esters is 5. The van der Waals surface area contributed by atoms with Crippen LogP contribution in [0.5, 0.6) is 23.0 Å². The largest absolute Gasteiger partial charge is 0.507 e. The number of methoxy groups -OCH3 is 2. The number of allylic oxidation sites excluding steroid dienone is 3. The molecule has 1 N–H and O–H groups in total. The van der Waals surface area contributed by atoms with Crippen LogP contribution in [0.4, 0.5) is 0 Å². The van der Waals surface area contributed by atoms with Crippen molar-refractivity contribution in [1.29, 1.82) is 0 Å². The Kier molecular flexibility index (Phi) is 14.5. The number of phenols is 1. The summed E-state index contributed by atoms with van der Waals surface area (Å²) in [5.74, 6) is -4.85. The van der Waals surface area contributed by atoms with Gasteiger partial charge in [-0.1, -0.05) is 36.5 Å². The van der Waals surface area contributed by atoms with Gasteiger partial charge in [0.25, 0.3) is 0 Å². The van der Waals surface area contributed by atoms with Crippen LogP contribution >= 0.6 is 0 Å². The summed E-state index contributed by atoms with van der Waals surface area (Å²) in [6.45, 7) is 21.5. The summed E-state index contributed by atoms with van der Waals surface area (Å²) in [6.07, 6.45) is -8.30. The molecule has 316 valence electrons. The first kappa shape index (κ1) is 45.3. The van der Waals surface area contributed by atoms with Crippen LogP contribution in [0.2, 0.25) is 0 Å². The molecule has 0 amide bonds. The van der Waals surface area contributed by atoms with Gasteiger partial charge in [0.1, 0.15) is 28.2 Å². The predicted octanol–water partition coefficient (Wildman–Crippen LogP) is 5.53. The second-order valence-corrected chi connectivity index (χ2v) is 14.2. The number of carbonyl (C=O) groups is 5. The van der Waals surface area contributed by atoms with E-state index in [-0.39, 0.29) is 75.5 Å². The molecule has 0 spiro atoms. The molecule has 2 heterocycles. The number of benzene rings is 2. The summed E-state index contributed by atoms with van der Waals surface area (Å²) in [5, 5.41) is 11.4. The molecule has 5 atom stereocenters. The van der Waals surface area contributed by atoms with E-state index in [1.165, 1.54) is 26.2 Å². The van der Waals surface area contributed by atoms with Crippen molar-refractivity contribution in [3.8, 4) is 34.3 Å². The monoisotopic (exact) mass is 820 g/mol. The van der Waals surface area contributed by atoms with Crippen molar-refractivity contribution in [1.82, 2.24) is 0 Å². The maximum Gasteiger partial charge on any atom is 0.339 e. The van der Waals surface area contributed by atoms with Crippen LogP contribution in [0.25, 0.3) is 22.3 Å². The van der Waals surface area contributed by atoms with Gasteiger partial charge in [0.15, 0.2) is 35.2 Å². The Hall–Kier alpha value is -6.42. The average Bonchev–Trinajstić information content (AvgIpc) is 3.12. The van der Waals surface area contributed by atoms with Gasteiger partial charge in [0.05, 0.1) is 14.2 Å². The van der Waals surface area contributed by atoms with E-state index in [1.807, 2.05) is 0 Å². The third-order valence-corrected chi connectivity index (χ3v) is 8.75. The highest BCUT2D eigenvalue weighted by Gasteiger charge is 2.56. The summed E-state index contributed by atoms with van der Waals surface area (Å²) in [4.78, 5) is 76.8. The SMILES string of the molecule is C=C(C)Cc1c(-c2cc(=O)c3c(O)c(CC(=C)C)c(OC(C)=O)c(CC(=C)C)c3o2)ccc(OC)c1O[C@@H]1O[C@H](C(=O)OC)[C@@H](OC(C)=O)[C@H](OC(C)=O)[C@H]1OC(C)=O. The molecule has 0 bridgehead atoms. The highest BCUT2D eigenvalue weighted by Crippen LogP contribution is 2.45. The fraction of sp³-hybridized carbons (Fsp3) is 0.395. The molecule has 1 fully saturated rings. The van der Waals surface area contributed by atoms with E-state index in [0.717, 1.165) is 27.9 Å². The number of carbonyl (C=O) groups excluding carboxylic acids is 5. The zero-order valence-electron chi connectivity index (χ0n) is 34.4. The van der Waals surface area contributed by atoms with E-state index in [1.54, 1.807) is 26.8 Å². The quantitative estimate of drug-likeness (QED) is 0.0865. The van der Waals surface area contributed by atoms with Gasteiger partial charge in [-0.2, -0.15) is 0 Å². The Balaban J connectivity index is 2.07. The van der Waals surface area contributed by atoms with Gasteiger partial charge in [0, 0.05) is 68.9 Å².